The van der Waals surface area contributed by atoms with Gasteiger partial charge in [-0.15, -0.1) is 0 Å². The van der Waals surface area contributed by atoms with Gasteiger partial charge in [0.25, 0.3) is 5.91 Å². The molecule has 6 nitrogen and oxygen atoms in total. The third-order valence-electron chi connectivity index (χ3n) is 2.29. The van der Waals surface area contributed by atoms with Crippen LogP contribution in [0.3, 0.4) is 0 Å². The first-order valence-corrected chi connectivity index (χ1v) is 6.05. The van der Waals surface area contributed by atoms with Crippen LogP contribution in [0.15, 0.2) is 33.5 Å². The summed E-state index contributed by atoms with van der Waals surface area (Å²) in [5, 5.41) is 6.22. The molecule has 0 radical (unpaired) electrons. The molecule has 1 heterocycles. The van der Waals surface area contributed by atoms with E-state index in [1.165, 1.54) is 6.33 Å². The Hall–Kier alpha value is -1.89. The first-order chi connectivity index (χ1) is 8.66. The van der Waals surface area contributed by atoms with Gasteiger partial charge in [-0.25, -0.2) is 0 Å². The minimum absolute atomic E-state index is 0.228. The molecule has 0 atom stereocenters. The predicted octanol–water partition coefficient (Wildman–Crippen LogP) is 1.39. The quantitative estimate of drug-likeness (QED) is 0.832. The second kappa shape index (κ2) is 5.63. The highest BCUT2D eigenvalue weighted by atomic mass is 79.9. The number of anilines is 1. The maximum absolute atomic E-state index is 11.9. The molecule has 0 aliphatic heterocycles. The van der Waals surface area contributed by atoms with Crippen LogP contribution >= 0.6 is 15.9 Å². The van der Waals surface area contributed by atoms with Crippen molar-refractivity contribution in [2.24, 2.45) is 0 Å². The Labute approximate surface area is 112 Å². The number of benzene rings is 1. The molecule has 0 saturated heterocycles. The molecule has 1 aromatic carbocycles. The maximum atomic E-state index is 11.9. The Morgan fingerprint density at radius 2 is 2.33 bits per heavy atom. The molecular weight excluding hydrogens is 300 g/mol. The van der Waals surface area contributed by atoms with Gasteiger partial charge in [-0.3, -0.25) is 4.79 Å². The molecule has 7 heteroatoms. The summed E-state index contributed by atoms with van der Waals surface area (Å²) in [6, 6.07) is 5.14. The van der Waals surface area contributed by atoms with Crippen molar-refractivity contribution in [3.05, 3.63) is 40.5 Å². The summed E-state index contributed by atoms with van der Waals surface area (Å²) in [6.45, 7) is 0.410. The molecule has 3 N–H and O–H groups in total. The van der Waals surface area contributed by atoms with Gasteiger partial charge >= 0.3 is 0 Å². The fraction of sp³-hybridized carbons (Fsp3) is 0.182. The molecule has 0 bridgehead atoms. The van der Waals surface area contributed by atoms with Crippen molar-refractivity contribution in [1.29, 1.82) is 0 Å². The zero-order valence-electron chi connectivity index (χ0n) is 9.39. The molecule has 0 spiro atoms. The number of rotatable bonds is 4. The molecule has 18 heavy (non-hydrogen) atoms. The Bertz CT molecular complexity index is 542. The highest BCUT2D eigenvalue weighted by molar-refractivity contribution is 9.10. The molecule has 0 unspecified atom stereocenters. The van der Waals surface area contributed by atoms with Crippen LogP contribution in [0.2, 0.25) is 0 Å². The number of halogens is 1. The van der Waals surface area contributed by atoms with Gasteiger partial charge in [-0.1, -0.05) is 21.1 Å². The summed E-state index contributed by atoms with van der Waals surface area (Å²) >= 11 is 3.30. The minimum atomic E-state index is -0.228. The van der Waals surface area contributed by atoms with Gasteiger partial charge in [0.05, 0.1) is 5.56 Å². The second-order valence-corrected chi connectivity index (χ2v) is 4.49. The number of amides is 1. The van der Waals surface area contributed by atoms with E-state index in [0.717, 1.165) is 4.47 Å². The van der Waals surface area contributed by atoms with Gasteiger partial charge in [0.15, 0.2) is 6.33 Å². The standard InChI is InChI=1S/C11H11BrN4O2/c12-7-1-2-9(13)8(5-7)11(17)14-4-3-10-15-6-16-18-10/h1-2,5-6H,3-4,13H2,(H,14,17). The van der Waals surface area contributed by atoms with Crippen LogP contribution in [0.4, 0.5) is 5.69 Å². The van der Waals surface area contributed by atoms with Crippen molar-refractivity contribution in [2.45, 2.75) is 6.42 Å². The van der Waals surface area contributed by atoms with Crippen LogP contribution in [0.5, 0.6) is 0 Å². The van der Waals surface area contributed by atoms with Crippen LogP contribution in [-0.2, 0) is 6.42 Å². The van der Waals surface area contributed by atoms with Gasteiger partial charge < -0.3 is 15.6 Å². The van der Waals surface area contributed by atoms with Crippen molar-refractivity contribution in [1.82, 2.24) is 15.5 Å². The van der Waals surface area contributed by atoms with Crippen LogP contribution in [0.25, 0.3) is 0 Å². The van der Waals surface area contributed by atoms with Gasteiger partial charge in [0, 0.05) is 23.1 Å². The molecule has 1 amide bonds. The Balaban J connectivity index is 1.93. The molecule has 2 aromatic rings. The number of carbonyl (C=O) groups excluding carboxylic acids is 1. The fourth-order valence-electron chi connectivity index (χ4n) is 1.41. The van der Waals surface area contributed by atoms with Crippen molar-refractivity contribution in [3.8, 4) is 0 Å². The monoisotopic (exact) mass is 310 g/mol. The van der Waals surface area contributed by atoms with Crippen molar-refractivity contribution >= 4 is 27.5 Å². The Morgan fingerprint density at radius 1 is 1.50 bits per heavy atom. The zero-order chi connectivity index (χ0) is 13.0. The molecule has 1 aromatic heterocycles. The van der Waals surface area contributed by atoms with Crippen molar-refractivity contribution in [2.75, 3.05) is 12.3 Å². The maximum Gasteiger partial charge on any atom is 0.253 e. The van der Waals surface area contributed by atoms with E-state index in [0.29, 0.717) is 30.1 Å². The Morgan fingerprint density at radius 3 is 3.06 bits per heavy atom. The normalized spacial score (nSPS) is 10.3. The number of nitrogens with zero attached hydrogens (tertiary/aromatic N) is 2. The van der Waals surface area contributed by atoms with E-state index in [-0.39, 0.29) is 5.91 Å². The highest BCUT2D eigenvalue weighted by Crippen LogP contribution is 2.18. The summed E-state index contributed by atoms with van der Waals surface area (Å²) in [5.74, 6) is 0.255. The van der Waals surface area contributed by atoms with Crippen LogP contribution in [0, 0.1) is 0 Å². The summed E-state index contributed by atoms with van der Waals surface area (Å²) in [7, 11) is 0. The van der Waals surface area contributed by atoms with Gasteiger partial charge in [-0.2, -0.15) is 4.98 Å². The lowest BCUT2D eigenvalue weighted by molar-refractivity contribution is 0.0954. The Kier molecular flexibility index (Phi) is 3.93. The molecule has 0 aliphatic carbocycles. The fourth-order valence-corrected chi connectivity index (χ4v) is 1.77. The number of hydrogen-bond donors (Lipinski definition) is 2. The van der Waals surface area contributed by atoms with E-state index in [4.69, 9.17) is 10.3 Å². The predicted molar refractivity (Wildman–Crippen MR) is 68.9 cm³/mol. The summed E-state index contributed by atoms with van der Waals surface area (Å²) < 4.78 is 5.62. The van der Waals surface area contributed by atoms with E-state index in [1.807, 2.05) is 0 Å². The topological polar surface area (TPSA) is 94.0 Å². The number of nitrogens with two attached hydrogens (primary N) is 1. The van der Waals surface area contributed by atoms with Gasteiger partial charge in [-0.05, 0) is 18.2 Å². The molecule has 0 aliphatic rings. The lowest BCUT2D eigenvalue weighted by Crippen LogP contribution is -2.26. The SMILES string of the molecule is Nc1ccc(Br)cc1C(=O)NCCc1ncno1. The van der Waals surface area contributed by atoms with E-state index in [9.17, 15) is 4.79 Å². The lowest BCUT2D eigenvalue weighted by atomic mass is 10.1. The van der Waals surface area contributed by atoms with Gasteiger partial charge in [0.2, 0.25) is 5.89 Å². The van der Waals surface area contributed by atoms with E-state index in [2.05, 4.69) is 31.4 Å². The largest absolute Gasteiger partial charge is 0.398 e. The average Bonchev–Trinajstić information content (AvgIpc) is 2.85. The first kappa shape index (κ1) is 12.6. The van der Waals surface area contributed by atoms with Gasteiger partial charge in [0.1, 0.15) is 0 Å². The summed E-state index contributed by atoms with van der Waals surface area (Å²) in [4.78, 5) is 15.7. The highest BCUT2D eigenvalue weighted by Gasteiger charge is 2.10. The summed E-state index contributed by atoms with van der Waals surface area (Å²) in [6.07, 6.45) is 1.81. The van der Waals surface area contributed by atoms with Crippen LogP contribution in [-0.4, -0.2) is 22.6 Å². The number of hydrogen-bond acceptors (Lipinski definition) is 5. The van der Waals surface area contributed by atoms with Crippen LogP contribution in [0.1, 0.15) is 16.2 Å². The molecule has 0 fully saturated rings. The molecule has 94 valence electrons. The smallest absolute Gasteiger partial charge is 0.253 e. The third-order valence-corrected chi connectivity index (χ3v) is 2.78. The number of nitrogen functional groups attached to an aromatic ring is 1. The van der Waals surface area contributed by atoms with E-state index < -0.39 is 0 Å². The number of nitrogens with one attached hydrogen (secondary N) is 1. The van der Waals surface area contributed by atoms with Crippen molar-refractivity contribution < 1.29 is 9.32 Å². The minimum Gasteiger partial charge on any atom is -0.398 e. The number of carbonyl (C=O) groups is 1. The molecule has 2 rings (SSSR count). The first-order valence-electron chi connectivity index (χ1n) is 5.25. The zero-order valence-corrected chi connectivity index (χ0v) is 11.0. The summed E-state index contributed by atoms with van der Waals surface area (Å²) in [5.41, 5.74) is 6.61. The average molecular weight is 311 g/mol. The van der Waals surface area contributed by atoms with Crippen molar-refractivity contribution in [3.63, 3.8) is 0 Å². The van der Waals surface area contributed by atoms with Crippen LogP contribution < -0.4 is 11.1 Å². The molecular formula is C11H11BrN4O2. The third kappa shape index (κ3) is 3.07. The van der Waals surface area contributed by atoms with E-state index >= 15 is 0 Å². The van der Waals surface area contributed by atoms with E-state index in [1.54, 1.807) is 18.2 Å². The molecule has 0 saturated carbocycles. The lowest BCUT2D eigenvalue weighted by Gasteiger charge is -2.06. The number of aromatic nitrogens is 2. The second-order valence-electron chi connectivity index (χ2n) is 3.57.